The number of hydrogen-bond donors (Lipinski definition) is 1. The number of ether oxygens (including phenoxy) is 1. The Hall–Kier alpha value is -2.62. The summed E-state index contributed by atoms with van der Waals surface area (Å²) in [5, 5.41) is 3.12. The van der Waals surface area contributed by atoms with Gasteiger partial charge >= 0.3 is 0 Å². The van der Waals surface area contributed by atoms with Crippen molar-refractivity contribution in [2.75, 3.05) is 6.61 Å². The molecule has 132 valence electrons. The molecule has 0 bridgehead atoms. The lowest BCUT2D eigenvalue weighted by Gasteiger charge is -2.21. The molecule has 1 aromatic carbocycles. The smallest absolute Gasteiger partial charge is 0.251 e. The van der Waals surface area contributed by atoms with Crippen molar-refractivity contribution < 1.29 is 9.53 Å². The second-order valence-corrected chi connectivity index (χ2v) is 6.72. The van der Waals surface area contributed by atoms with E-state index in [0.29, 0.717) is 23.8 Å². The van der Waals surface area contributed by atoms with E-state index < -0.39 is 0 Å². The number of carbonyl (C=O) groups is 1. The fourth-order valence-electron chi connectivity index (χ4n) is 2.51. The van der Waals surface area contributed by atoms with Crippen molar-refractivity contribution in [3.63, 3.8) is 0 Å². The standard InChI is InChI=1S/C21H26N2O2/c1-15(2)11-20(18-8-6-10-22-13-18)23-21(24)17-7-5-9-19(12-17)25-14-16(3)4/h5-10,12-13,15,20H,3,11,14H2,1-2,4H3,(H,23,24)/t20-/m1/s1. The van der Waals surface area contributed by atoms with Gasteiger partial charge in [-0.3, -0.25) is 9.78 Å². The summed E-state index contributed by atoms with van der Waals surface area (Å²) in [6.07, 6.45) is 4.39. The zero-order valence-corrected chi connectivity index (χ0v) is 15.2. The predicted octanol–water partition coefficient (Wildman–Crippen LogP) is 4.55. The van der Waals surface area contributed by atoms with Gasteiger partial charge in [0.1, 0.15) is 12.4 Å². The van der Waals surface area contributed by atoms with Crippen LogP contribution in [0.3, 0.4) is 0 Å². The number of rotatable bonds is 8. The van der Waals surface area contributed by atoms with E-state index in [1.54, 1.807) is 24.5 Å². The van der Waals surface area contributed by atoms with Gasteiger partial charge < -0.3 is 10.1 Å². The van der Waals surface area contributed by atoms with Crippen LogP contribution in [0.1, 0.15) is 49.2 Å². The lowest BCUT2D eigenvalue weighted by atomic mass is 9.98. The lowest BCUT2D eigenvalue weighted by molar-refractivity contribution is 0.0931. The van der Waals surface area contributed by atoms with Gasteiger partial charge in [-0.1, -0.05) is 32.6 Å². The Bertz CT molecular complexity index is 711. The first-order chi connectivity index (χ1) is 12.0. The van der Waals surface area contributed by atoms with Crippen LogP contribution in [0.4, 0.5) is 0 Å². The molecule has 1 amide bonds. The van der Waals surface area contributed by atoms with E-state index in [1.165, 1.54) is 0 Å². The molecular formula is C21H26N2O2. The van der Waals surface area contributed by atoms with Gasteiger partial charge in [0.05, 0.1) is 6.04 Å². The summed E-state index contributed by atoms with van der Waals surface area (Å²) in [4.78, 5) is 16.9. The Labute approximate surface area is 149 Å². The van der Waals surface area contributed by atoms with Crippen LogP contribution >= 0.6 is 0 Å². The number of benzene rings is 1. The highest BCUT2D eigenvalue weighted by Gasteiger charge is 2.17. The lowest BCUT2D eigenvalue weighted by Crippen LogP contribution is -2.29. The molecule has 0 aliphatic carbocycles. The summed E-state index contributed by atoms with van der Waals surface area (Å²) in [6, 6.07) is 11.0. The number of hydrogen-bond acceptors (Lipinski definition) is 3. The molecule has 0 fully saturated rings. The number of aromatic nitrogens is 1. The number of carbonyl (C=O) groups excluding carboxylic acids is 1. The molecule has 0 spiro atoms. The van der Waals surface area contributed by atoms with E-state index in [-0.39, 0.29) is 11.9 Å². The summed E-state index contributed by atoms with van der Waals surface area (Å²) in [5.41, 5.74) is 2.53. The maximum atomic E-state index is 12.7. The first-order valence-corrected chi connectivity index (χ1v) is 8.53. The van der Waals surface area contributed by atoms with Gasteiger partial charge in [0, 0.05) is 18.0 Å². The number of nitrogens with one attached hydrogen (secondary N) is 1. The fraction of sp³-hybridized carbons (Fsp3) is 0.333. The minimum absolute atomic E-state index is 0.0683. The molecule has 1 aromatic heterocycles. The number of pyridine rings is 1. The van der Waals surface area contributed by atoms with Crippen LogP contribution < -0.4 is 10.1 Å². The minimum atomic E-state index is -0.115. The Morgan fingerprint density at radius 2 is 2.08 bits per heavy atom. The topological polar surface area (TPSA) is 51.2 Å². The van der Waals surface area contributed by atoms with Crippen LogP contribution in [0.25, 0.3) is 0 Å². The van der Waals surface area contributed by atoms with Crippen LogP contribution in [0.5, 0.6) is 5.75 Å². The van der Waals surface area contributed by atoms with Crippen molar-refractivity contribution in [2.24, 2.45) is 5.92 Å². The molecule has 0 saturated heterocycles. The molecule has 2 rings (SSSR count). The molecule has 25 heavy (non-hydrogen) atoms. The van der Waals surface area contributed by atoms with E-state index in [1.807, 2.05) is 31.2 Å². The fourth-order valence-corrected chi connectivity index (χ4v) is 2.51. The second kappa shape index (κ2) is 9.02. The van der Waals surface area contributed by atoms with Gasteiger partial charge in [0.2, 0.25) is 0 Å². The molecule has 0 unspecified atom stereocenters. The third kappa shape index (κ3) is 6.07. The van der Waals surface area contributed by atoms with Gasteiger partial charge in [-0.25, -0.2) is 0 Å². The molecule has 0 saturated carbocycles. The second-order valence-electron chi connectivity index (χ2n) is 6.72. The summed E-state index contributed by atoms with van der Waals surface area (Å²) in [7, 11) is 0. The molecular weight excluding hydrogens is 312 g/mol. The summed E-state index contributed by atoms with van der Waals surface area (Å²) < 4.78 is 5.62. The average Bonchev–Trinajstić information content (AvgIpc) is 2.60. The van der Waals surface area contributed by atoms with Crippen molar-refractivity contribution in [3.8, 4) is 5.75 Å². The maximum Gasteiger partial charge on any atom is 0.251 e. The van der Waals surface area contributed by atoms with E-state index >= 15 is 0 Å². The number of nitrogens with zero attached hydrogens (tertiary/aromatic N) is 1. The summed E-state index contributed by atoms with van der Waals surface area (Å²) in [6.45, 7) is 10.4. The first-order valence-electron chi connectivity index (χ1n) is 8.53. The maximum absolute atomic E-state index is 12.7. The quantitative estimate of drug-likeness (QED) is 0.718. The molecule has 1 heterocycles. The van der Waals surface area contributed by atoms with Gasteiger partial charge in [0.25, 0.3) is 5.91 Å². The van der Waals surface area contributed by atoms with Crippen molar-refractivity contribution in [1.82, 2.24) is 10.3 Å². The zero-order valence-electron chi connectivity index (χ0n) is 15.2. The molecule has 1 atom stereocenters. The molecule has 4 heteroatoms. The van der Waals surface area contributed by atoms with Gasteiger partial charge in [-0.05, 0) is 54.7 Å². The predicted molar refractivity (Wildman–Crippen MR) is 101 cm³/mol. The van der Waals surface area contributed by atoms with Crippen LogP contribution in [0, 0.1) is 5.92 Å². The molecule has 2 aromatic rings. The van der Waals surface area contributed by atoms with E-state index in [2.05, 4.69) is 30.7 Å². The molecule has 1 N–H and O–H groups in total. The van der Waals surface area contributed by atoms with E-state index in [4.69, 9.17) is 4.74 Å². The van der Waals surface area contributed by atoms with Gasteiger partial charge in [-0.2, -0.15) is 0 Å². The number of amides is 1. The highest BCUT2D eigenvalue weighted by Crippen LogP contribution is 2.22. The molecule has 4 nitrogen and oxygen atoms in total. The van der Waals surface area contributed by atoms with E-state index in [9.17, 15) is 4.79 Å². The Kier molecular flexibility index (Phi) is 6.75. The van der Waals surface area contributed by atoms with Gasteiger partial charge in [0.15, 0.2) is 0 Å². The van der Waals surface area contributed by atoms with Crippen molar-refractivity contribution >= 4 is 5.91 Å². The highest BCUT2D eigenvalue weighted by molar-refractivity contribution is 5.94. The molecule has 0 aliphatic rings. The average molecular weight is 338 g/mol. The molecule has 0 radical (unpaired) electrons. The third-order valence-corrected chi connectivity index (χ3v) is 3.68. The minimum Gasteiger partial charge on any atom is -0.489 e. The van der Waals surface area contributed by atoms with Crippen molar-refractivity contribution in [3.05, 3.63) is 72.1 Å². The summed E-state index contributed by atoms with van der Waals surface area (Å²) >= 11 is 0. The Balaban J connectivity index is 2.12. The van der Waals surface area contributed by atoms with Crippen LogP contribution in [-0.2, 0) is 0 Å². The SMILES string of the molecule is C=C(C)COc1cccc(C(=O)N[C@H](CC(C)C)c2cccnc2)c1. The zero-order chi connectivity index (χ0) is 18.2. The van der Waals surface area contributed by atoms with Crippen LogP contribution in [0.15, 0.2) is 60.9 Å². The van der Waals surface area contributed by atoms with Crippen LogP contribution in [-0.4, -0.2) is 17.5 Å². The monoisotopic (exact) mass is 338 g/mol. The van der Waals surface area contributed by atoms with Crippen molar-refractivity contribution in [2.45, 2.75) is 33.2 Å². The normalized spacial score (nSPS) is 11.8. The van der Waals surface area contributed by atoms with E-state index in [0.717, 1.165) is 17.6 Å². The first kappa shape index (κ1) is 18.7. The van der Waals surface area contributed by atoms with Crippen molar-refractivity contribution in [1.29, 1.82) is 0 Å². The van der Waals surface area contributed by atoms with Gasteiger partial charge in [-0.15, -0.1) is 0 Å². The van der Waals surface area contributed by atoms with Crippen LogP contribution in [0.2, 0.25) is 0 Å². The Morgan fingerprint density at radius 3 is 2.72 bits per heavy atom. The third-order valence-electron chi connectivity index (χ3n) is 3.68. The highest BCUT2D eigenvalue weighted by atomic mass is 16.5. The largest absolute Gasteiger partial charge is 0.489 e. The molecule has 0 aliphatic heterocycles. The summed E-state index contributed by atoms with van der Waals surface area (Å²) in [5.74, 6) is 1.00. The Morgan fingerprint density at radius 1 is 1.28 bits per heavy atom.